The van der Waals surface area contributed by atoms with Gasteiger partial charge in [0, 0.05) is 28.5 Å². The van der Waals surface area contributed by atoms with Crippen LogP contribution in [-0.4, -0.2) is 35.3 Å². The van der Waals surface area contributed by atoms with E-state index >= 15 is 0 Å². The van der Waals surface area contributed by atoms with Gasteiger partial charge in [-0.15, -0.1) is 0 Å². The Morgan fingerprint density at radius 1 is 1.15 bits per heavy atom. The molecule has 0 aliphatic carbocycles. The largest absolute Gasteiger partial charge is 0.496 e. The highest BCUT2D eigenvalue weighted by Crippen LogP contribution is 2.22. The zero-order valence-electron chi connectivity index (χ0n) is 15.3. The van der Waals surface area contributed by atoms with Crippen LogP contribution in [-0.2, 0) is 27.8 Å². The number of nitrogens with one attached hydrogen (secondary N) is 1. The number of carbonyl (C=O) groups is 2. The predicted molar refractivity (Wildman–Crippen MR) is 103 cm³/mol. The Morgan fingerprint density at radius 2 is 1.85 bits per heavy atom. The fourth-order valence-electron chi connectivity index (χ4n) is 2.53. The van der Waals surface area contributed by atoms with Gasteiger partial charge in [-0.25, -0.2) is 4.39 Å². The van der Waals surface area contributed by atoms with Crippen LogP contribution in [0.15, 0.2) is 42.5 Å². The van der Waals surface area contributed by atoms with Gasteiger partial charge in [-0.2, -0.15) is 0 Å². The van der Waals surface area contributed by atoms with Crippen LogP contribution >= 0.6 is 0 Å². The quantitative estimate of drug-likeness (QED) is 0.667. The molecule has 5 nitrogen and oxygen atoms in total. The molecule has 0 saturated carbocycles. The van der Waals surface area contributed by atoms with Gasteiger partial charge in [-0.05, 0) is 49.2 Å². The summed E-state index contributed by atoms with van der Waals surface area (Å²) in [6.45, 7) is 1.84. The van der Waals surface area contributed by atoms with E-state index in [1.165, 1.54) is 26.2 Å². The first kappa shape index (κ1) is 20.8. The summed E-state index contributed by atoms with van der Waals surface area (Å²) in [6.07, 6.45) is 0.563. The van der Waals surface area contributed by atoms with Crippen LogP contribution in [0.1, 0.15) is 28.4 Å². The number of hydrogen-bond donors (Lipinski definition) is 1. The molecule has 27 heavy (non-hydrogen) atoms. The molecule has 0 bridgehead atoms. The monoisotopic (exact) mass is 391 g/mol. The molecule has 1 atom stereocenters. The summed E-state index contributed by atoms with van der Waals surface area (Å²) in [5.74, 6) is -0.208. The summed E-state index contributed by atoms with van der Waals surface area (Å²) in [7, 11) is 0.0589. The van der Waals surface area contributed by atoms with Crippen molar-refractivity contribution in [2.75, 3.05) is 19.4 Å². The van der Waals surface area contributed by atoms with E-state index in [0.717, 1.165) is 5.56 Å². The van der Waals surface area contributed by atoms with Crippen molar-refractivity contribution in [2.24, 2.45) is 0 Å². The van der Waals surface area contributed by atoms with Gasteiger partial charge in [0.1, 0.15) is 17.3 Å². The van der Waals surface area contributed by atoms with Gasteiger partial charge in [0.05, 0.1) is 12.9 Å². The number of Topliss-reactive ketones (excluding diaryl/α,β-unsaturated/α-hetero) is 1. The summed E-state index contributed by atoms with van der Waals surface area (Å²) in [4.78, 5) is 23.5. The molecule has 2 aromatic rings. The van der Waals surface area contributed by atoms with Crippen molar-refractivity contribution in [3.63, 3.8) is 0 Å². The molecule has 0 radical (unpaired) electrons. The van der Waals surface area contributed by atoms with Crippen LogP contribution in [0.5, 0.6) is 5.75 Å². The number of methoxy groups -OCH3 is 1. The summed E-state index contributed by atoms with van der Waals surface area (Å²) < 4.78 is 30.4. The number of rotatable bonds is 9. The van der Waals surface area contributed by atoms with Crippen LogP contribution in [0.2, 0.25) is 0 Å². The lowest BCUT2D eigenvalue weighted by Crippen LogP contribution is -2.30. The molecular weight excluding hydrogens is 369 g/mol. The van der Waals surface area contributed by atoms with Crippen molar-refractivity contribution in [3.05, 3.63) is 65.0 Å². The molecule has 0 spiro atoms. The van der Waals surface area contributed by atoms with Crippen LogP contribution in [0.3, 0.4) is 0 Å². The maximum atomic E-state index is 12.9. The third-order valence-electron chi connectivity index (χ3n) is 3.94. The van der Waals surface area contributed by atoms with E-state index in [-0.39, 0.29) is 29.0 Å². The topological polar surface area (TPSA) is 72.5 Å². The normalized spacial score (nSPS) is 11.7. The number of ether oxygens (including phenoxy) is 1. The van der Waals surface area contributed by atoms with E-state index in [1.807, 2.05) is 0 Å². The first-order valence-electron chi connectivity index (χ1n) is 8.43. The number of hydrogen-bond acceptors (Lipinski definition) is 4. The van der Waals surface area contributed by atoms with Crippen molar-refractivity contribution < 1.29 is 22.9 Å². The zero-order chi connectivity index (χ0) is 19.8. The Morgan fingerprint density at radius 3 is 2.48 bits per heavy atom. The van der Waals surface area contributed by atoms with E-state index < -0.39 is 10.8 Å². The van der Waals surface area contributed by atoms with E-state index in [4.69, 9.17) is 4.74 Å². The molecule has 2 rings (SSSR count). The fraction of sp³-hybridized carbons (Fsp3) is 0.300. The fourth-order valence-corrected chi connectivity index (χ4v) is 3.60. The lowest BCUT2D eigenvalue weighted by Gasteiger charge is -2.10. The second-order valence-corrected chi connectivity index (χ2v) is 7.49. The molecule has 2 aromatic carbocycles. The molecule has 0 fully saturated rings. The number of ketones is 1. The maximum absolute atomic E-state index is 12.9. The van der Waals surface area contributed by atoms with E-state index in [1.54, 1.807) is 30.3 Å². The minimum atomic E-state index is -1.44. The summed E-state index contributed by atoms with van der Waals surface area (Å²) in [6, 6.07) is 11.0. The summed E-state index contributed by atoms with van der Waals surface area (Å²) in [5, 5.41) is 2.71. The van der Waals surface area contributed by atoms with Gasteiger partial charge in [-0.3, -0.25) is 13.8 Å². The molecule has 0 saturated heterocycles. The summed E-state index contributed by atoms with van der Waals surface area (Å²) >= 11 is 0. The first-order chi connectivity index (χ1) is 12.9. The SMILES string of the molecule is COc1ccc(C(C)=O)cc1CS(=O)CC(=O)NCCc1ccc(F)cc1. The van der Waals surface area contributed by atoms with Gasteiger partial charge in [0.15, 0.2) is 5.78 Å². The van der Waals surface area contributed by atoms with Crippen molar-refractivity contribution >= 4 is 22.5 Å². The zero-order valence-corrected chi connectivity index (χ0v) is 16.1. The average molecular weight is 391 g/mol. The standard InChI is InChI=1S/C20H22FNO4S/c1-14(23)16-5-8-19(26-2)17(11-16)12-27(25)13-20(24)22-10-9-15-3-6-18(21)7-4-15/h3-8,11H,9-10,12-13H2,1-2H3,(H,22,24). The third-order valence-corrected chi connectivity index (χ3v) is 5.16. The van der Waals surface area contributed by atoms with Crippen molar-refractivity contribution in [2.45, 2.75) is 19.1 Å². The second kappa shape index (κ2) is 9.97. The van der Waals surface area contributed by atoms with Crippen molar-refractivity contribution in [1.82, 2.24) is 5.32 Å². The van der Waals surface area contributed by atoms with Gasteiger partial charge in [-0.1, -0.05) is 12.1 Å². The van der Waals surface area contributed by atoms with Gasteiger partial charge in [0.2, 0.25) is 5.91 Å². The van der Waals surface area contributed by atoms with Crippen molar-refractivity contribution in [3.8, 4) is 5.75 Å². The molecule has 1 N–H and O–H groups in total. The number of amides is 1. The third kappa shape index (κ3) is 6.60. The van der Waals surface area contributed by atoms with Crippen LogP contribution in [0.25, 0.3) is 0 Å². The van der Waals surface area contributed by atoms with Crippen LogP contribution in [0.4, 0.5) is 4.39 Å². The van der Waals surface area contributed by atoms with E-state index in [9.17, 15) is 18.2 Å². The van der Waals surface area contributed by atoms with Gasteiger partial charge in [0.25, 0.3) is 0 Å². The summed E-state index contributed by atoms with van der Waals surface area (Å²) in [5.41, 5.74) is 2.04. The lowest BCUT2D eigenvalue weighted by atomic mass is 10.1. The Balaban J connectivity index is 1.85. The number of benzene rings is 2. The Kier molecular flexibility index (Phi) is 7.67. The maximum Gasteiger partial charge on any atom is 0.232 e. The van der Waals surface area contributed by atoms with Crippen LogP contribution in [0, 0.1) is 5.82 Å². The molecule has 0 aliphatic heterocycles. The minimum absolute atomic E-state index is 0.0942. The minimum Gasteiger partial charge on any atom is -0.496 e. The molecule has 1 amide bonds. The Hall–Kier alpha value is -2.54. The molecular formula is C20H22FNO4S. The average Bonchev–Trinajstić information content (AvgIpc) is 2.63. The number of carbonyl (C=O) groups excluding carboxylic acids is 2. The molecule has 1 unspecified atom stereocenters. The molecule has 7 heteroatoms. The van der Waals surface area contributed by atoms with E-state index in [2.05, 4.69) is 5.32 Å². The lowest BCUT2D eigenvalue weighted by molar-refractivity contribution is -0.118. The molecule has 144 valence electrons. The van der Waals surface area contributed by atoms with Crippen LogP contribution < -0.4 is 10.1 Å². The van der Waals surface area contributed by atoms with Gasteiger partial charge >= 0.3 is 0 Å². The molecule has 0 aliphatic rings. The predicted octanol–water partition coefficient (Wildman–Crippen LogP) is 2.64. The van der Waals surface area contributed by atoms with Crippen molar-refractivity contribution in [1.29, 1.82) is 0 Å². The van der Waals surface area contributed by atoms with E-state index in [0.29, 0.717) is 29.8 Å². The Labute approximate surface area is 160 Å². The number of halogens is 1. The van der Waals surface area contributed by atoms with Gasteiger partial charge < -0.3 is 10.1 Å². The smallest absolute Gasteiger partial charge is 0.232 e. The second-order valence-electron chi connectivity index (χ2n) is 6.04. The first-order valence-corrected chi connectivity index (χ1v) is 9.92. The molecule has 0 heterocycles. The molecule has 0 aromatic heterocycles. The Bertz CT molecular complexity index is 836. The highest BCUT2D eigenvalue weighted by molar-refractivity contribution is 7.84. The highest BCUT2D eigenvalue weighted by atomic mass is 32.2. The highest BCUT2D eigenvalue weighted by Gasteiger charge is 2.13.